The summed E-state index contributed by atoms with van der Waals surface area (Å²) < 4.78 is 48.0. The summed E-state index contributed by atoms with van der Waals surface area (Å²) in [5.41, 5.74) is 3.44. The molecule has 0 bridgehead atoms. The van der Waals surface area contributed by atoms with Gasteiger partial charge in [-0.15, -0.1) is 0 Å². The van der Waals surface area contributed by atoms with Gasteiger partial charge in [0.25, 0.3) is 0 Å². The molecule has 0 fully saturated rings. The van der Waals surface area contributed by atoms with Crippen molar-refractivity contribution in [2.75, 3.05) is 13.2 Å². The zero-order valence-electron chi connectivity index (χ0n) is 22.1. The molecule has 2 aromatic rings. The maximum absolute atomic E-state index is 12.1. The van der Waals surface area contributed by atoms with Gasteiger partial charge in [-0.05, 0) is 48.1 Å². The lowest BCUT2D eigenvalue weighted by Gasteiger charge is -2.09. The van der Waals surface area contributed by atoms with Gasteiger partial charge in [0.15, 0.2) is 0 Å². The number of alkyl halides is 3. The summed E-state index contributed by atoms with van der Waals surface area (Å²) in [6, 6.07) is 16.7. The zero-order chi connectivity index (χ0) is 25.9. The highest BCUT2D eigenvalue weighted by molar-refractivity contribution is 5.64. The number of benzene rings is 2. The molecule has 0 saturated carbocycles. The van der Waals surface area contributed by atoms with Gasteiger partial charge in [-0.3, -0.25) is 0 Å². The van der Waals surface area contributed by atoms with Crippen molar-refractivity contribution < 1.29 is 22.6 Å². The maximum atomic E-state index is 12.1. The highest BCUT2D eigenvalue weighted by Gasteiger charge is 2.25. The number of hydrogen-bond donors (Lipinski definition) is 0. The van der Waals surface area contributed by atoms with Crippen LogP contribution in [0, 0.1) is 0 Å². The minimum Gasteiger partial charge on any atom is -0.494 e. The van der Waals surface area contributed by atoms with E-state index in [4.69, 9.17) is 9.47 Å². The summed E-state index contributed by atoms with van der Waals surface area (Å²) in [5.74, 6) is 0.923. The van der Waals surface area contributed by atoms with Crippen molar-refractivity contribution >= 4 is 0 Å². The second-order valence-electron chi connectivity index (χ2n) is 9.73. The van der Waals surface area contributed by atoms with E-state index in [-0.39, 0.29) is 6.42 Å². The molecule has 0 aliphatic rings. The smallest absolute Gasteiger partial charge is 0.389 e. The topological polar surface area (TPSA) is 18.5 Å². The van der Waals surface area contributed by atoms with E-state index in [0.717, 1.165) is 54.7 Å². The average Bonchev–Trinajstić information content (AvgIpc) is 2.87. The predicted molar refractivity (Wildman–Crippen MR) is 143 cm³/mol. The number of ether oxygens (including phenoxy) is 2. The van der Waals surface area contributed by atoms with E-state index < -0.39 is 12.6 Å². The first-order valence-corrected chi connectivity index (χ1v) is 13.9. The van der Waals surface area contributed by atoms with Crippen molar-refractivity contribution in [2.45, 2.75) is 110 Å². The summed E-state index contributed by atoms with van der Waals surface area (Å²) in [7, 11) is 0. The Balaban J connectivity index is 1.55. The molecule has 202 valence electrons. The molecule has 2 aromatic carbocycles. The normalized spacial score (nSPS) is 11.7. The predicted octanol–water partition coefficient (Wildman–Crippen LogP) is 10.3. The van der Waals surface area contributed by atoms with Gasteiger partial charge in [-0.25, -0.2) is 0 Å². The van der Waals surface area contributed by atoms with Crippen LogP contribution >= 0.6 is 0 Å². The maximum Gasteiger partial charge on any atom is 0.389 e. The number of rotatable bonds is 20. The van der Waals surface area contributed by atoms with Crippen LogP contribution in [0.1, 0.15) is 102 Å². The van der Waals surface area contributed by atoms with E-state index in [9.17, 15) is 13.2 Å². The number of halogens is 3. The lowest BCUT2D eigenvalue weighted by Crippen LogP contribution is -2.06. The Labute approximate surface area is 216 Å². The molecule has 0 atom stereocenters. The van der Waals surface area contributed by atoms with Crippen LogP contribution in [0.3, 0.4) is 0 Å². The fourth-order valence-electron chi connectivity index (χ4n) is 4.21. The second-order valence-corrected chi connectivity index (χ2v) is 9.73. The zero-order valence-corrected chi connectivity index (χ0v) is 22.1. The SMILES string of the molecule is CCCCCCCCCCOc1ccc(-c2ccc(COCCCCCCCC(F)(F)F)cc2)cc1. The highest BCUT2D eigenvalue weighted by Crippen LogP contribution is 2.24. The first kappa shape index (κ1) is 30.2. The third-order valence-electron chi connectivity index (χ3n) is 6.43. The number of hydrogen-bond acceptors (Lipinski definition) is 2. The van der Waals surface area contributed by atoms with E-state index in [1.807, 2.05) is 12.1 Å². The lowest BCUT2D eigenvalue weighted by molar-refractivity contribution is -0.135. The molecule has 2 nitrogen and oxygen atoms in total. The third-order valence-corrected chi connectivity index (χ3v) is 6.43. The van der Waals surface area contributed by atoms with Crippen molar-refractivity contribution in [3.05, 3.63) is 54.1 Å². The summed E-state index contributed by atoms with van der Waals surface area (Å²) in [6.45, 7) is 4.23. The number of unbranched alkanes of at least 4 members (excludes halogenated alkanes) is 11. The fraction of sp³-hybridized carbons (Fsp3) is 0.613. The molecule has 36 heavy (non-hydrogen) atoms. The van der Waals surface area contributed by atoms with Crippen LogP contribution in [0.4, 0.5) is 13.2 Å². The summed E-state index contributed by atoms with van der Waals surface area (Å²) in [4.78, 5) is 0. The van der Waals surface area contributed by atoms with Crippen LogP contribution in [0.25, 0.3) is 11.1 Å². The standard InChI is InChI=1S/C31H45F3O2/c1-2-3-4-5-6-7-11-14-25-36-30-21-19-29(20-22-30)28-17-15-27(16-18-28)26-35-24-13-10-8-9-12-23-31(32,33)34/h15-22H,2-14,23-26H2,1H3. The van der Waals surface area contributed by atoms with Crippen LogP contribution in [0.15, 0.2) is 48.5 Å². The van der Waals surface area contributed by atoms with Crippen LogP contribution in [-0.4, -0.2) is 19.4 Å². The minimum atomic E-state index is -4.02. The van der Waals surface area contributed by atoms with Gasteiger partial charge in [0.1, 0.15) is 5.75 Å². The van der Waals surface area contributed by atoms with Crippen molar-refractivity contribution in [2.24, 2.45) is 0 Å². The lowest BCUT2D eigenvalue weighted by atomic mass is 10.0. The Morgan fingerprint density at radius 3 is 1.67 bits per heavy atom. The van der Waals surface area contributed by atoms with Gasteiger partial charge in [0, 0.05) is 13.0 Å². The molecule has 0 aliphatic heterocycles. The van der Waals surface area contributed by atoms with Gasteiger partial charge < -0.3 is 9.47 Å². The van der Waals surface area contributed by atoms with E-state index in [0.29, 0.717) is 19.6 Å². The van der Waals surface area contributed by atoms with Gasteiger partial charge in [-0.1, -0.05) is 108 Å². The Hall–Kier alpha value is -2.01. The molecule has 0 amide bonds. The second kappa shape index (κ2) is 18.3. The van der Waals surface area contributed by atoms with Gasteiger partial charge in [-0.2, -0.15) is 13.2 Å². The first-order chi connectivity index (χ1) is 17.5. The van der Waals surface area contributed by atoms with E-state index in [1.54, 1.807) is 0 Å². The molecule has 2 rings (SSSR count). The van der Waals surface area contributed by atoms with Crippen LogP contribution in [0.2, 0.25) is 0 Å². The van der Waals surface area contributed by atoms with Crippen molar-refractivity contribution in [1.29, 1.82) is 0 Å². The van der Waals surface area contributed by atoms with Gasteiger partial charge in [0.05, 0.1) is 13.2 Å². The first-order valence-electron chi connectivity index (χ1n) is 13.9. The molecule has 0 spiro atoms. The molecule has 0 unspecified atom stereocenters. The van der Waals surface area contributed by atoms with Gasteiger partial charge >= 0.3 is 6.18 Å². The van der Waals surface area contributed by atoms with Crippen molar-refractivity contribution in [1.82, 2.24) is 0 Å². The highest BCUT2D eigenvalue weighted by atomic mass is 19.4. The molecule has 5 heteroatoms. The molecular weight excluding hydrogens is 461 g/mol. The molecule has 0 heterocycles. The summed E-state index contributed by atoms with van der Waals surface area (Å²) in [6.07, 6.45) is 9.20. The molecule has 0 aromatic heterocycles. The average molecular weight is 507 g/mol. The van der Waals surface area contributed by atoms with Crippen molar-refractivity contribution in [3.8, 4) is 16.9 Å². The van der Waals surface area contributed by atoms with Gasteiger partial charge in [0.2, 0.25) is 0 Å². The quantitative estimate of drug-likeness (QED) is 0.166. The van der Waals surface area contributed by atoms with E-state index >= 15 is 0 Å². The Morgan fingerprint density at radius 2 is 1.08 bits per heavy atom. The monoisotopic (exact) mass is 506 g/mol. The molecule has 0 aliphatic carbocycles. The Morgan fingerprint density at radius 1 is 0.583 bits per heavy atom. The molecular formula is C31H45F3O2. The summed E-state index contributed by atoms with van der Waals surface area (Å²) >= 11 is 0. The summed E-state index contributed by atoms with van der Waals surface area (Å²) in [5, 5.41) is 0. The minimum absolute atomic E-state index is 0.228. The third kappa shape index (κ3) is 14.5. The van der Waals surface area contributed by atoms with Crippen LogP contribution < -0.4 is 4.74 Å². The van der Waals surface area contributed by atoms with E-state index in [2.05, 4.69) is 43.3 Å². The molecule has 0 N–H and O–H groups in total. The van der Waals surface area contributed by atoms with Crippen LogP contribution in [-0.2, 0) is 11.3 Å². The Bertz CT molecular complexity index is 785. The fourth-order valence-corrected chi connectivity index (χ4v) is 4.21. The molecule has 0 saturated heterocycles. The molecule has 0 radical (unpaired) electrons. The Kier molecular flexibility index (Phi) is 15.3. The van der Waals surface area contributed by atoms with E-state index in [1.165, 1.54) is 44.9 Å². The van der Waals surface area contributed by atoms with Crippen molar-refractivity contribution in [3.63, 3.8) is 0 Å². The largest absolute Gasteiger partial charge is 0.494 e. The van der Waals surface area contributed by atoms with Crippen LogP contribution in [0.5, 0.6) is 5.75 Å².